The second-order valence-corrected chi connectivity index (χ2v) is 7.72. The molecule has 2 aromatic rings. The molecule has 0 radical (unpaired) electrons. The van der Waals surface area contributed by atoms with Gasteiger partial charge in [0.05, 0.1) is 16.5 Å². The summed E-state index contributed by atoms with van der Waals surface area (Å²) >= 11 is 5.86. The monoisotopic (exact) mass is 327 g/mol. The SMILES string of the molecule is O=C(CS(=O)(=O)Cc1cn2cc(Cl)ccc2n1)NC1CC1. The average Bonchev–Trinajstić information content (AvgIpc) is 3.06. The third-order valence-corrected chi connectivity index (χ3v) is 4.79. The lowest BCUT2D eigenvalue weighted by molar-refractivity contribution is -0.118. The molecule has 1 aliphatic rings. The molecule has 6 nitrogen and oxygen atoms in total. The fourth-order valence-corrected chi connectivity index (χ4v) is 3.40. The second-order valence-electron chi connectivity index (χ2n) is 5.22. The first-order valence-corrected chi connectivity index (χ1v) is 8.74. The summed E-state index contributed by atoms with van der Waals surface area (Å²) in [6.07, 6.45) is 5.12. The number of amides is 1. The van der Waals surface area contributed by atoms with Crippen LogP contribution in [0.25, 0.3) is 5.65 Å². The molecule has 0 aromatic carbocycles. The molecule has 0 saturated heterocycles. The van der Waals surface area contributed by atoms with Crippen molar-refractivity contribution in [2.75, 3.05) is 5.75 Å². The van der Waals surface area contributed by atoms with Crippen molar-refractivity contribution >= 4 is 33.0 Å². The minimum atomic E-state index is -3.53. The molecular formula is C13H14ClN3O3S. The third kappa shape index (κ3) is 3.74. The van der Waals surface area contributed by atoms with Gasteiger partial charge in [0.25, 0.3) is 0 Å². The first kappa shape index (κ1) is 14.3. The number of hydrogen-bond donors (Lipinski definition) is 1. The number of aromatic nitrogens is 2. The topological polar surface area (TPSA) is 80.5 Å². The zero-order valence-electron chi connectivity index (χ0n) is 11.1. The van der Waals surface area contributed by atoms with Crippen molar-refractivity contribution in [3.8, 4) is 0 Å². The molecule has 0 aliphatic heterocycles. The summed E-state index contributed by atoms with van der Waals surface area (Å²) in [6.45, 7) is 0. The zero-order valence-corrected chi connectivity index (χ0v) is 12.7. The highest BCUT2D eigenvalue weighted by atomic mass is 35.5. The highest BCUT2D eigenvalue weighted by Crippen LogP contribution is 2.18. The highest BCUT2D eigenvalue weighted by Gasteiger charge is 2.26. The van der Waals surface area contributed by atoms with E-state index in [1.165, 1.54) is 0 Å². The number of sulfone groups is 1. The Bertz CT molecular complexity index is 796. The average molecular weight is 328 g/mol. The lowest BCUT2D eigenvalue weighted by Crippen LogP contribution is -2.32. The van der Waals surface area contributed by atoms with Crippen LogP contribution in [0.2, 0.25) is 5.02 Å². The van der Waals surface area contributed by atoms with Crippen LogP contribution in [0.4, 0.5) is 0 Å². The molecule has 3 rings (SSSR count). The maximum atomic E-state index is 12.0. The van der Waals surface area contributed by atoms with Gasteiger partial charge in [-0.25, -0.2) is 13.4 Å². The number of fused-ring (bicyclic) bond motifs is 1. The first-order valence-electron chi connectivity index (χ1n) is 6.54. The van der Waals surface area contributed by atoms with E-state index in [4.69, 9.17) is 11.6 Å². The Morgan fingerprint density at radius 3 is 2.86 bits per heavy atom. The van der Waals surface area contributed by atoms with Crippen LogP contribution in [-0.2, 0) is 20.4 Å². The number of hydrogen-bond acceptors (Lipinski definition) is 4. The van der Waals surface area contributed by atoms with Crippen LogP contribution in [0.5, 0.6) is 0 Å². The van der Waals surface area contributed by atoms with Gasteiger partial charge >= 0.3 is 0 Å². The summed E-state index contributed by atoms with van der Waals surface area (Å²) < 4.78 is 25.7. The number of imidazole rings is 1. The van der Waals surface area contributed by atoms with Crippen molar-refractivity contribution in [1.29, 1.82) is 0 Å². The summed E-state index contributed by atoms with van der Waals surface area (Å²) in [5.41, 5.74) is 1.02. The third-order valence-electron chi connectivity index (χ3n) is 3.13. The Morgan fingerprint density at radius 1 is 1.38 bits per heavy atom. The normalized spacial score (nSPS) is 15.3. The molecule has 1 amide bonds. The quantitative estimate of drug-likeness (QED) is 0.894. The number of nitrogens with zero attached hydrogens (tertiary/aromatic N) is 2. The van der Waals surface area contributed by atoms with E-state index in [2.05, 4.69) is 10.3 Å². The van der Waals surface area contributed by atoms with Crippen molar-refractivity contribution in [3.63, 3.8) is 0 Å². The molecule has 112 valence electrons. The van der Waals surface area contributed by atoms with E-state index >= 15 is 0 Å². The summed E-state index contributed by atoms with van der Waals surface area (Å²) in [6, 6.07) is 3.55. The predicted octanol–water partition coefficient (Wildman–Crippen LogP) is 1.18. The first-order chi connectivity index (χ1) is 9.91. The highest BCUT2D eigenvalue weighted by molar-refractivity contribution is 7.91. The van der Waals surface area contributed by atoms with Gasteiger partial charge in [-0.05, 0) is 25.0 Å². The number of nitrogens with one attached hydrogen (secondary N) is 1. The van der Waals surface area contributed by atoms with E-state index < -0.39 is 21.5 Å². The van der Waals surface area contributed by atoms with E-state index in [0.717, 1.165) is 12.8 Å². The number of rotatable bonds is 5. The Hall–Kier alpha value is -1.60. The Kier molecular flexibility index (Phi) is 3.62. The van der Waals surface area contributed by atoms with Crippen LogP contribution >= 0.6 is 11.6 Å². The minimum absolute atomic E-state index is 0.157. The van der Waals surface area contributed by atoms with Gasteiger partial charge < -0.3 is 9.72 Å². The van der Waals surface area contributed by atoms with Crippen LogP contribution in [0, 0.1) is 0 Å². The zero-order chi connectivity index (χ0) is 15.0. The van der Waals surface area contributed by atoms with Gasteiger partial charge in [-0.1, -0.05) is 11.6 Å². The van der Waals surface area contributed by atoms with Gasteiger partial charge in [0.1, 0.15) is 11.4 Å². The molecule has 21 heavy (non-hydrogen) atoms. The maximum Gasteiger partial charge on any atom is 0.235 e. The molecule has 8 heteroatoms. The predicted molar refractivity (Wildman–Crippen MR) is 78.9 cm³/mol. The molecule has 1 saturated carbocycles. The molecule has 1 aliphatic carbocycles. The van der Waals surface area contributed by atoms with Gasteiger partial charge in [0.15, 0.2) is 9.84 Å². The van der Waals surface area contributed by atoms with E-state index in [-0.39, 0.29) is 11.8 Å². The summed E-state index contributed by atoms with van der Waals surface area (Å²) in [7, 11) is -3.53. The number of carbonyl (C=O) groups is 1. The van der Waals surface area contributed by atoms with Gasteiger partial charge in [-0.15, -0.1) is 0 Å². The Labute approximate surface area is 127 Å². The molecule has 2 heterocycles. The Balaban J connectivity index is 1.71. The van der Waals surface area contributed by atoms with E-state index in [9.17, 15) is 13.2 Å². The van der Waals surface area contributed by atoms with E-state index in [0.29, 0.717) is 16.4 Å². The summed E-state index contributed by atoms with van der Waals surface area (Å²) in [5, 5.41) is 3.21. The fraction of sp³-hybridized carbons (Fsp3) is 0.385. The lowest BCUT2D eigenvalue weighted by Gasteiger charge is -2.03. The van der Waals surface area contributed by atoms with Gasteiger partial charge in [-0.2, -0.15) is 0 Å². The van der Waals surface area contributed by atoms with Crippen molar-refractivity contribution in [3.05, 3.63) is 35.2 Å². The smallest absolute Gasteiger partial charge is 0.235 e. The minimum Gasteiger partial charge on any atom is -0.352 e. The maximum absolute atomic E-state index is 12.0. The van der Waals surface area contributed by atoms with Crippen molar-refractivity contribution in [1.82, 2.24) is 14.7 Å². The van der Waals surface area contributed by atoms with Crippen LogP contribution < -0.4 is 5.32 Å². The molecule has 0 bridgehead atoms. The lowest BCUT2D eigenvalue weighted by atomic mass is 10.5. The molecule has 0 spiro atoms. The van der Waals surface area contributed by atoms with Crippen LogP contribution in [0.3, 0.4) is 0 Å². The number of halogens is 1. The van der Waals surface area contributed by atoms with Crippen LogP contribution in [0.1, 0.15) is 18.5 Å². The van der Waals surface area contributed by atoms with Crippen LogP contribution in [-0.4, -0.2) is 35.5 Å². The van der Waals surface area contributed by atoms with Crippen molar-refractivity contribution in [2.24, 2.45) is 0 Å². The van der Waals surface area contributed by atoms with E-state index in [1.54, 1.807) is 28.9 Å². The van der Waals surface area contributed by atoms with E-state index in [1.807, 2.05) is 0 Å². The molecular weight excluding hydrogens is 314 g/mol. The number of pyridine rings is 1. The van der Waals surface area contributed by atoms with Crippen molar-refractivity contribution < 1.29 is 13.2 Å². The van der Waals surface area contributed by atoms with Gasteiger partial charge in [0, 0.05) is 18.4 Å². The molecule has 0 unspecified atom stereocenters. The molecule has 1 fully saturated rings. The molecule has 0 atom stereocenters. The summed E-state index contributed by atoms with van der Waals surface area (Å²) in [4.78, 5) is 15.8. The summed E-state index contributed by atoms with van der Waals surface area (Å²) in [5.74, 6) is -1.20. The Morgan fingerprint density at radius 2 is 2.14 bits per heavy atom. The standard InChI is InChI=1S/C13H14ClN3O3S/c14-9-1-4-12-15-11(6-17(12)5-9)7-21(19,20)8-13(18)16-10-2-3-10/h1,4-6,10H,2-3,7-8H2,(H,16,18). The second kappa shape index (κ2) is 5.31. The largest absolute Gasteiger partial charge is 0.352 e. The van der Waals surface area contributed by atoms with Gasteiger partial charge in [0.2, 0.25) is 5.91 Å². The molecule has 1 N–H and O–H groups in total. The number of carbonyl (C=O) groups excluding carboxylic acids is 1. The van der Waals surface area contributed by atoms with Crippen LogP contribution in [0.15, 0.2) is 24.5 Å². The fourth-order valence-electron chi connectivity index (χ4n) is 2.06. The molecule has 2 aromatic heterocycles. The van der Waals surface area contributed by atoms with Gasteiger partial charge in [-0.3, -0.25) is 4.79 Å². The van der Waals surface area contributed by atoms with Crippen molar-refractivity contribution in [2.45, 2.75) is 24.6 Å².